The number of sulfonamides is 1. The number of nitrogens with one attached hydrogen (secondary N) is 1. The van der Waals surface area contributed by atoms with Crippen LogP contribution in [0.5, 0.6) is 11.5 Å². The van der Waals surface area contributed by atoms with Gasteiger partial charge < -0.3 is 14.2 Å². The maximum Gasteiger partial charge on any atom is 0.343 e. The Balaban J connectivity index is 1.75. The fraction of sp³-hybridized carbons (Fsp3) is 0.192. The van der Waals surface area contributed by atoms with Gasteiger partial charge in [0.15, 0.2) is 6.61 Å². The monoisotopic (exact) mass is 525 g/mol. The molecule has 0 spiro atoms. The Morgan fingerprint density at radius 2 is 1.68 bits per heavy atom. The van der Waals surface area contributed by atoms with Crippen molar-refractivity contribution in [2.75, 3.05) is 31.7 Å². The van der Waals surface area contributed by atoms with Crippen LogP contribution in [0.15, 0.2) is 82.8 Å². The molecule has 0 aliphatic carbocycles. The predicted octanol–water partition coefficient (Wildman–Crippen LogP) is 2.90. The molecule has 0 saturated heterocycles. The number of carbonyl (C=O) groups is 2. The summed E-state index contributed by atoms with van der Waals surface area (Å²) in [7, 11) is -1.29. The number of benzene rings is 3. The Morgan fingerprint density at radius 1 is 0.973 bits per heavy atom. The molecular weight excluding hydrogens is 498 g/mol. The standard InChI is InChI=1S/C26H27N3O7S/c1-19-7-13-24(14-8-19)37(32,33)29(21-9-11-22(34-2)12-10-21)17-25(30)28-27-16-20-5-4-6-23(15-20)36-18-26(31)35-3/h4-16H,17-18H2,1-3H3,(H,28,30)/b27-16-. The molecule has 0 aliphatic heterocycles. The lowest BCUT2D eigenvalue weighted by atomic mass is 10.2. The minimum atomic E-state index is -4.06. The lowest BCUT2D eigenvalue weighted by Gasteiger charge is -2.24. The zero-order valence-electron chi connectivity index (χ0n) is 20.6. The Hall–Kier alpha value is -4.38. The lowest BCUT2D eigenvalue weighted by Crippen LogP contribution is -2.39. The van der Waals surface area contributed by atoms with Gasteiger partial charge in [-0.2, -0.15) is 5.10 Å². The number of rotatable bonds is 11. The lowest BCUT2D eigenvalue weighted by molar-refractivity contribution is -0.142. The molecule has 37 heavy (non-hydrogen) atoms. The number of hydrazone groups is 1. The number of ether oxygens (including phenoxy) is 3. The number of nitrogens with zero attached hydrogens (tertiary/aromatic N) is 2. The molecule has 1 amide bonds. The van der Waals surface area contributed by atoms with Crippen molar-refractivity contribution < 1.29 is 32.2 Å². The third-order valence-corrected chi connectivity index (χ3v) is 6.89. The molecule has 0 unspecified atom stereocenters. The maximum absolute atomic E-state index is 13.4. The van der Waals surface area contributed by atoms with Crippen LogP contribution in [-0.2, 0) is 24.3 Å². The second kappa shape index (κ2) is 12.5. The van der Waals surface area contributed by atoms with Crippen molar-refractivity contribution in [1.82, 2.24) is 5.43 Å². The number of carbonyl (C=O) groups excluding carboxylic acids is 2. The molecule has 0 atom stereocenters. The van der Waals surface area contributed by atoms with E-state index in [1.54, 1.807) is 60.7 Å². The summed E-state index contributed by atoms with van der Waals surface area (Å²) in [6.45, 7) is 1.09. The molecule has 194 valence electrons. The smallest absolute Gasteiger partial charge is 0.343 e. The summed E-state index contributed by atoms with van der Waals surface area (Å²) in [6, 6.07) is 19.4. The van der Waals surface area contributed by atoms with E-state index in [9.17, 15) is 18.0 Å². The highest BCUT2D eigenvalue weighted by atomic mass is 32.2. The number of hydrogen-bond acceptors (Lipinski definition) is 8. The van der Waals surface area contributed by atoms with E-state index in [-0.39, 0.29) is 17.2 Å². The van der Waals surface area contributed by atoms with Gasteiger partial charge in [-0.25, -0.2) is 18.6 Å². The minimum absolute atomic E-state index is 0.0500. The van der Waals surface area contributed by atoms with E-state index in [1.807, 2.05) is 6.92 Å². The van der Waals surface area contributed by atoms with Gasteiger partial charge in [0.2, 0.25) is 0 Å². The van der Waals surface area contributed by atoms with Gasteiger partial charge in [0, 0.05) is 0 Å². The number of esters is 1. The van der Waals surface area contributed by atoms with E-state index < -0.39 is 28.4 Å². The van der Waals surface area contributed by atoms with E-state index >= 15 is 0 Å². The molecule has 0 bridgehead atoms. The molecule has 0 heterocycles. The van der Waals surface area contributed by atoms with E-state index in [0.717, 1.165) is 9.87 Å². The van der Waals surface area contributed by atoms with Gasteiger partial charge in [-0.15, -0.1) is 0 Å². The first-order valence-electron chi connectivity index (χ1n) is 11.1. The summed E-state index contributed by atoms with van der Waals surface area (Å²) < 4.78 is 42.9. The highest BCUT2D eigenvalue weighted by Crippen LogP contribution is 2.26. The van der Waals surface area contributed by atoms with E-state index in [2.05, 4.69) is 15.3 Å². The topological polar surface area (TPSA) is 124 Å². The van der Waals surface area contributed by atoms with Gasteiger partial charge in [-0.05, 0) is 61.0 Å². The zero-order chi connectivity index (χ0) is 26.8. The molecular formula is C26H27N3O7S. The normalized spacial score (nSPS) is 11.1. The summed E-state index contributed by atoms with van der Waals surface area (Å²) in [5, 5.41) is 3.92. The average Bonchev–Trinajstić information content (AvgIpc) is 2.91. The largest absolute Gasteiger partial charge is 0.497 e. The molecule has 0 saturated carbocycles. The van der Waals surface area contributed by atoms with E-state index in [4.69, 9.17) is 9.47 Å². The Morgan fingerprint density at radius 3 is 2.32 bits per heavy atom. The quantitative estimate of drug-likeness (QED) is 0.232. The molecule has 0 aromatic heterocycles. The summed E-state index contributed by atoms with van der Waals surface area (Å²) in [5.74, 6) is -0.215. The predicted molar refractivity (Wildman–Crippen MR) is 138 cm³/mol. The zero-order valence-corrected chi connectivity index (χ0v) is 21.4. The second-order valence-electron chi connectivity index (χ2n) is 7.75. The Bertz CT molecular complexity index is 1360. The van der Waals surface area contributed by atoms with Crippen molar-refractivity contribution in [1.29, 1.82) is 0 Å². The fourth-order valence-corrected chi connectivity index (χ4v) is 4.55. The van der Waals surface area contributed by atoms with Crippen LogP contribution < -0.4 is 19.2 Å². The number of hydrogen-bond donors (Lipinski definition) is 1. The van der Waals surface area contributed by atoms with Gasteiger partial charge in [0.1, 0.15) is 18.0 Å². The highest BCUT2D eigenvalue weighted by molar-refractivity contribution is 7.92. The van der Waals surface area contributed by atoms with Crippen molar-refractivity contribution in [3.8, 4) is 11.5 Å². The SMILES string of the molecule is COC(=O)COc1cccc(/C=N\NC(=O)CN(c2ccc(OC)cc2)S(=O)(=O)c2ccc(C)cc2)c1. The van der Waals surface area contributed by atoms with Crippen molar-refractivity contribution in [3.05, 3.63) is 83.9 Å². The van der Waals surface area contributed by atoms with Crippen molar-refractivity contribution in [2.45, 2.75) is 11.8 Å². The van der Waals surface area contributed by atoms with E-state index in [1.165, 1.54) is 32.6 Å². The molecule has 3 aromatic rings. The van der Waals surface area contributed by atoms with Gasteiger partial charge >= 0.3 is 5.97 Å². The average molecular weight is 526 g/mol. The fourth-order valence-electron chi connectivity index (χ4n) is 3.13. The van der Waals surface area contributed by atoms with Crippen LogP contribution in [0.2, 0.25) is 0 Å². The molecule has 1 N–H and O–H groups in total. The van der Waals surface area contributed by atoms with Crippen LogP contribution in [0.4, 0.5) is 5.69 Å². The van der Waals surface area contributed by atoms with Crippen molar-refractivity contribution in [3.63, 3.8) is 0 Å². The van der Waals surface area contributed by atoms with Crippen LogP contribution in [0.1, 0.15) is 11.1 Å². The number of aryl methyl sites for hydroxylation is 1. The first kappa shape index (κ1) is 27.2. The number of anilines is 1. The molecule has 3 rings (SSSR count). The summed E-state index contributed by atoms with van der Waals surface area (Å²) >= 11 is 0. The van der Waals surface area contributed by atoms with Crippen molar-refractivity contribution in [2.24, 2.45) is 5.10 Å². The van der Waals surface area contributed by atoms with Gasteiger partial charge in [0.25, 0.3) is 15.9 Å². The Kier molecular flexibility index (Phi) is 9.22. The van der Waals surface area contributed by atoms with Gasteiger partial charge in [-0.1, -0.05) is 29.8 Å². The first-order chi connectivity index (χ1) is 17.7. The maximum atomic E-state index is 13.4. The van der Waals surface area contributed by atoms with Crippen LogP contribution in [0, 0.1) is 6.92 Å². The highest BCUT2D eigenvalue weighted by Gasteiger charge is 2.27. The molecule has 0 fully saturated rings. The van der Waals surface area contributed by atoms with Crippen LogP contribution in [-0.4, -0.2) is 53.9 Å². The number of methoxy groups -OCH3 is 2. The van der Waals surface area contributed by atoms with Crippen LogP contribution in [0.25, 0.3) is 0 Å². The molecule has 0 radical (unpaired) electrons. The third-order valence-electron chi connectivity index (χ3n) is 5.10. The molecule has 0 aliphatic rings. The molecule has 10 nitrogen and oxygen atoms in total. The third kappa shape index (κ3) is 7.55. The summed E-state index contributed by atoms with van der Waals surface area (Å²) in [5.41, 5.74) is 4.13. The summed E-state index contributed by atoms with van der Waals surface area (Å²) in [4.78, 5) is 24.0. The minimum Gasteiger partial charge on any atom is -0.497 e. The number of amides is 1. The van der Waals surface area contributed by atoms with Crippen LogP contribution in [0.3, 0.4) is 0 Å². The molecule has 3 aromatic carbocycles. The molecule has 11 heteroatoms. The first-order valence-corrected chi connectivity index (χ1v) is 12.5. The Labute approximate surface area is 215 Å². The van der Waals surface area contributed by atoms with Gasteiger partial charge in [0.05, 0.1) is 31.0 Å². The van der Waals surface area contributed by atoms with Gasteiger partial charge in [-0.3, -0.25) is 9.10 Å². The summed E-state index contributed by atoms with van der Waals surface area (Å²) in [6.07, 6.45) is 1.37. The van der Waals surface area contributed by atoms with Crippen molar-refractivity contribution >= 4 is 33.8 Å². The van der Waals surface area contributed by atoms with E-state index in [0.29, 0.717) is 17.1 Å². The second-order valence-corrected chi connectivity index (χ2v) is 9.62. The van der Waals surface area contributed by atoms with Crippen LogP contribution >= 0.6 is 0 Å².